The third kappa shape index (κ3) is 12.5. The number of guanidine groups is 1. The molecule has 0 heterocycles. The van der Waals surface area contributed by atoms with Crippen molar-refractivity contribution in [3.05, 3.63) is 12.7 Å². The predicted octanol–water partition coefficient (Wildman–Crippen LogP) is 2.47. The second kappa shape index (κ2) is 15.8. The van der Waals surface area contributed by atoms with Gasteiger partial charge in [0, 0.05) is 19.6 Å². The Balaban J connectivity index is 0. The number of hydrogen-bond donors (Lipinski definition) is 2. The number of hydrogen-bond acceptors (Lipinski definition) is 2. The molecule has 0 unspecified atom stereocenters. The molecule has 2 N–H and O–H groups in total. The monoisotopic (exact) mass is 382 g/mol. The van der Waals surface area contributed by atoms with Crippen LogP contribution in [0.5, 0.6) is 0 Å². The summed E-state index contributed by atoms with van der Waals surface area (Å²) < 4.78 is 0. The maximum Gasteiger partial charge on any atom is 0.191 e. The molecule has 0 saturated carbocycles. The summed E-state index contributed by atoms with van der Waals surface area (Å²) in [5, 5.41) is 6.42. The van der Waals surface area contributed by atoms with Gasteiger partial charge < -0.3 is 15.5 Å². The normalized spacial score (nSPS) is 11.1. The van der Waals surface area contributed by atoms with Gasteiger partial charge in [-0.1, -0.05) is 19.9 Å². The van der Waals surface area contributed by atoms with Crippen molar-refractivity contribution in [2.24, 2.45) is 4.99 Å². The highest BCUT2D eigenvalue weighted by atomic mass is 127. The lowest BCUT2D eigenvalue weighted by Crippen LogP contribution is -2.37. The van der Waals surface area contributed by atoms with Crippen LogP contribution in [0.3, 0.4) is 0 Å². The summed E-state index contributed by atoms with van der Waals surface area (Å²) in [5.74, 6) is 0.889. The second-order valence-electron chi connectivity index (χ2n) is 4.16. The van der Waals surface area contributed by atoms with E-state index in [1.54, 1.807) is 0 Å². The SMILES string of the molecule is C=CCNC(=NCCCCN(CC)CC)NCC.I. The molecular weight excluding hydrogens is 351 g/mol. The van der Waals surface area contributed by atoms with Crippen LogP contribution in [0.1, 0.15) is 33.6 Å². The predicted molar refractivity (Wildman–Crippen MR) is 96.6 cm³/mol. The lowest BCUT2D eigenvalue weighted by Gasteiger charge is -2.17. The first kappa shape index (κ1) is 21.0. The molecule has 0 radical (unpaired) electrons. The van der Waals surface area contributed by atoms with E-state index < -0.39 is 0 Å². The van der Waals surface area contributed by atoms with E-state index in [1.807, 2.05) is 6.08 Å². The summed E-state index contributed by atoms with van der Waals surface area (Å²) in [7, 11) is 0. The topological polar surface area (TPSA) is 39.7 Å². The molecule has 0 spiro atoms. The van der Waals surface area contributed by atoms with Crippen molar-refractivity contribution in [2.75, 3.05) is 39.3 Å². The second-order valence-corrected chi connectivity index (χ2v) is 4.16. The van der Waals surface area contributed by atoms with E-state index in [2.05, 4.69) is 47.9 Å². The zero-order valence-corrected chi connectivity index (χ0v) is 15.1. The Morgan fingerprint density at radius 1 is 1.16 bits per heavy atom. The summed E-state index contributed by atoms with van der Waals surface area (Å²) in [6.45, 7) is 16.2. The maximum atomic E-state index is 4.53. The van der Waals surface area contributed by atoms with E-state index in [4.69, 9.17) is 0 Å². The van der Waals surface area contributed by atoms with Crippen LogP contribution in [0.2, 0.25) is 0 Å². The van der Waals surface area contributed by atoms with Crippen LogP contribution in [-0.4, -0.2) is 50.1 Å². The highest BCUT2D eigenvalue weighted by Gasteiger charge is 1.98. The molecule has 0 aromatic rings. The molecule has 0 amide bonds. The van der Waals surface area contributed by atoms with Crippen LogP contribution in [0.4, 0.5) is 0 Å². The molecule has 0 saturated heterocycles. The Labute approximate surface area is 136 Å². The van der Waals surface area contributed by atoms with E-state index in [-0.39, 0.29) is 24.0 Å². The van der Waals surface area contributed by atoms with Crippen LogP contribution in [0.15, 0.2) is 17.6 Å². The van der Waals surface area contributed by atoms with E-state index in [0.717, 1.165) is 45.1 Å². The standard InChI is InChI=1S/C14H30N4.HI/c1-5-11-16-14(15-6-2)17-12-9-10-13-18(7-3)8-4;/h5H,1,6-13H2,2-4H3,(H2,15,16,17);1H. The maximum absolute atomic E-state index is 4.53. The van der Waals surface area contributed by atoms with Gasteiger partial charge in [0.15, 0.2) is 5.96 Å². The number of unbranched alkanes of at least 4 members (excludes halogenated alkanes) is 1. The average Bonchev–Trinajstić information content (AvgIpc) is 2.40. The lowest BCUT2D eigenvalue weighted by molar-refractivity contribution is 0.297. The number of nitrogens with zero attached hydrogens (tertiary/aromatic N) is 2. The van der Waals surface area contributed by atoms with Crippen LogP contribution in [0, 0.1) is 0 Å². The molecule has 0 fully saturated rings. The van der Waals surface area contributed by atoms with Crippen molar-refractivity contribution in [1.82, 2.24) is 15.5 Å². The number of rotatable bonds is 10. The third-order valence-corrected chi connectivity index (χ3v) is 2.80. The van der Waals surface area contributed by atoms with Gasteiger partial charge in [0.2, 0.25) is 0 Å². The van der Waals surface area contributed by atoms with E-state index in [1.165, 1.54) is 13.0 Å². The van der Waals surface area contributed by atoms with Crippen LogP contribution < -0.4 is 10.6 Å². The summed E-state index contributed by atoms with van der Waals surface area (Å²) in [5.41, 5.74) is 0. The molecule has 4 nitrogen and oxygen atoms in total. The van der Waals surface area contributed by atoms with Crippen LogP contribution >= 0.6 is 24.0 Å². The molecule has 19 heavy (non-hydrogen) atoms. The molecule has 0 aromatic heterocycles. The van der Waals surface area contributed by atoms with Gasteiger partial charge in [0.25, 0.3) is 0 Å². The molecule has 0 bridgehead atoms. The molecule has 0 atom stereocenters. The van der Waals surface area contributed by atoms with Gasteiger partial charge in [0.05, 0.1) is 0 Å². The number of halogens is 1. The Morgan fingerprint density at radius 3 is 2.37 bits per heavy atom. The average molecular weight is 382 g/mol. The van der Waals surface area contributed by atoms with Crippen molar-refractivity contribution < 1.29 is 0 Å². The van der Waals surface area contributed by atoms with Crippen molar-refractivity contribution in [3.8, 4) is 0 Å². The smallest absolute Gasteiger partial charge is 0.191 e. The summed E-state index contributed by atoms with van der Waals surface area (Å²) >= 11 is 0. The van der Waals surface area contributed by atoms with Gasteiger partial charge in [-0.15, -0.1) is 30.6 Å². The Bertz CT molecular complexity index is 227. The Morgan fingerprint density at radius 2 is 1.84 bits per heavy atom. The van der Waals surface area contributed by atoms with Crippen molar-refractivity contribution in [1.29, 1.82) is 0 Å². The number of nitrogens with one attached hydrogen (secondary N) is 2. The minimum Gasteiger partial charge on any atom is -0.357 e. The summed E-state index contributed by atoms with van der Waals surface area (Å²) in [6, 6.07) is 0. The molecule has 0 aliphatic rings. The van der Waals surface area contributed by atoms with E-state index >= 15 is 0 Å². The van der Waals surface area contributed by atoms with Gasteiger partial charge >= 0.3 is 0 Å². The highest BCUT2D eigenvalue weighted by Crippen LogP contribution is 1.95. The molecule has 5 heteroatoms. The van der Waals surface area contributed by atoms with Crippen molar-refractivity contribution in [2.45, 2.75) is 33.6 Å². The summed E-state index contributed by atoms with van der Waals surface area (Å²) in [4.78, 5) is 6.98. The summed E-state index contributed by atoms with van der Waals surface area (Å²) in [6.07, 6.45) is 4.19. The first-order valence-electron chi connectivity index (χ1n) is 7.13. The fraction of sp³-hybridized carbons (Fsp3) is 0.786. The van der Waals surface area contributed by atoms with E-state index in [9.17, 15) is 0 Å². The van der Waals surface area contributed by atoms with Crippen molar-refractivity contribution >= 4 is 29.9 Å². The largest absolute Gasteiger partial charge is 0.357 e. The minimum atomic E-state index is 0. The third-order valence-electron chi connectivity index (χ3n) is 2.80. The zero-order valence-electron chi connectivity index (χ0n) is 12.7. The van der Waals surface area contributed by atoms with Gasteiger partial charge in [0.1, 0.15) is 0 Å². The zero-order chi connectivity index (χ0) is 13.6. The molecular formula is C14H31IN4. The first-order valence-corrected chi connectivity index (χ1v) is 7.13. The molecule has 0 aromatic carbocycles. The van der Waals surface area contributed by atoms with Crippen LogP contribution in [0.25, 0.3) is 0 Å². The molecule has 0 aliphatic heterocycles. The minimum absolute atomic E-state index is 0. The van der Waals surface area contributed by atoms with Gasteiger partial charge in [-0.2, -0.15) is 0 Å². The fourth-order valence-electron chi connectivity index (χ4n) is 1.69. The number of aliphatic imine (C=N–C) groups is 1. The molecule has 114 valence electrons. The lowest BCUT2D eigenvalue weighted by atomic mass is 10.3. The Kier molecular flexibility index (Phi) is 17.4. The van der Waals surface area contributed by atoms with E-state index in [0.29, 0.717) is 0 Å². The van der Waals surface area contributed by atoms with Gasteiger partial charge in [-0.05, 0) is 39.4 Å². The highest BCUT2D eigenvalue weighted by molar-refractivity contribution is 14.0. The molecule has 0 rings (SSSR count). The van der Waals surface area contributed by atoms with Gasteiger partial charge in [-0.25, -0.2) is 0 Å². The first-order chi connectivity index (χ1) is 8.78. The Hall–Kier alpha value is -0.300. The molecule has 0 aliphatic carbocycles. The van der Waals surface area contributed by atoms with Crippen LogP contribution in [-0.2, 0) is 0 Å². The van der Waals surface area contributed by atoms with Gasteiger partial charge in [-0.3, -0.25) is 4.99 Å². The fourth-order valence-corrected chi connectivity index (χ4v) is 1.69. The quantitative estimate of drug-likeness (QED) is 0.201. The van der Waals surface area contributed by atoms with Crippen molar-refractivity contribution in [3.63, 3.8) is 0 Å².